The molecule has 0 saturated carbocycles. The molecule has 6 heteroatoms. The summed E-state index contributed by atoms with van der Waals surface area (Å²) in [5, 5.41) is 0. The molecule has 0 saturated heterocycles. The molecule has 432 valence electrons. The van der Waals surface area contributed by atoms with Gasteiger partial charge in [-0.25, -0.2) is 0 Å². The van der Waals surface area contributed by atoms with E-state index in [1.54, 1.807) is 0 Å². The summed E-state index contributed by atoms with van der Waals surface area (Å²) >= 11 is 0. The highest BCUT2D eigenvalue weighted by Crippen LogP contribution is 2.17. The summed E-state index contributed by atoms with van der Waals surface area (Å²) in [6.07, 6.45) is 83.1. The summed E-state index contributed by atoms with van der Waals surface area (Å²) in [6, 6.07) is 0. The first-order chi connectivity index (χ1) is 37.0. The fraction of sp³-hybridized carbons (Fsp3) is 0.754. The first-order valence-corrected chi connectivity index (χ1v) is 32.1. The maximum absolute atomic E-state index is 12.9. The molecule has 0 fully saturated rings. The Balaban J connectivity index is 4.35. The van der Waals surface area contributed by atoms with Crippen molar-refractivity contribution < 1.29 is 28.6 Å². The van der Waals surface area contributed by atoms with Crippen LogP contribution in [-0.4, -0.2) is 37.2 Å². The fourth-order valence-corrected chi connectivity index (χ4v) is 9.16. The molecule has 75 heavy (non-hydrogen) atoms. The van der Waals surface area contributed by atoms with Gasteiger partial charge in [-0.15, -0.1) is 0 Å². The summed E-state index contributed by atoms with van der Waals surface area (Å²) < 4.78 is 16.9. The van der Waals surface area contributed by atoms with E-state index in [4.69, 9.17) is 14.2 Å². The molecule has 1 atom stereocenters. The summed E-state index contributed by atoms with van der Waals surface area (Å²) in [5.41, 5.74) is 0. The van der Waals surface area contributed by atoms with Gasteiger partial charge in [0, 0.05) is 19.3 Å². The third kappa shape index (κ3) is 61.3. The van der Waals surface area contributed by atoms with Gasteiger partial charge in [0.2, 0.25) is 0 Å². The van der Waals surface area contributed by atoms with Crippen LogP contribution in [0.5, 0.6) is 0 Å². The molecule has 0 bridgehead atoms. The Morgan fingerprint density at radius 3 is 0.813 bits per heavy atom. The van der Waals surface area contributed by atoms with Crippen molar-refractivity contribution in [2.24, 2.45) is 0 Å². The van der Waals surface area contributed by atoms with Crippen molar-refractivity contribution in [3.63, 3.8) is 0 Å². The number of hydrogen-bond donors (Lipinski definition) is 0. The van der Waals surface area contributed by atoms with Gasteiger partial charge < -0.3 is 14.2 Å². The largest absolute Gasteiger partial charge is 0.462 e. The van der Waals surface area contributed by atoms with Gasteiger partial charge in [-0.2, -0.15) is 0 Å². The van der Waals surface area contributed by atoms with Crippen molar-refractivity contribution >= 4 is 17.9 Å². The minimum atomic E-state index is -0.792. The van der Waals surface area contributed by atoms with Gasteiger partial charge in [0.25, 0.3) is 0 Å². The first-order valence-electron chi connectivity index (χ1n) is 32.1. The van der Waals surface area contributed by atoms with Crippen molar-refractivity contribution in [1.82, 2.24) is 0 Å². The summed E-state index contributed by atoms with van der Waals surface area (Å²) in [4.78, 5) is 38.3. The predicted molar refractivity (Wildman–Crippen MR) is 325 cm³/mol. The van der Waals surface area contributed by atoms with Gasteiger partial charge in [-0.05, 0) is 89.9 Å². The Labute approximate surface area is 465 Å². The van der Waals surface area contributed by atoms with E-state index in [0.717, 1.165) is 135 Å². The normalized spacial score (nSPS) is 12.6. The average molecular weight is 1050 g/mol. The molecule has 0 N–H and O–H groups in total. The van der Waals surface area contributed by atoms with E-state index < -0.39 is 6.10 Å². The van der Waals surface area contributed by atoms with Crippen LogP contribution in [0, 0.1) is 0 Å². The Bertz CT molecular complexity index is 1430. The zero-order valence-corrected chi connectivity index (χ0v) is 49.6. The van der Waals surface area contributed by atoms with E-state index in [9.17, 15) is 14.4 Å². The van der Waals surface area contributed by atoms with Crippen LogP contribution in [0.15, 0.2) is 85.1 Å². The standard InChI is InChI=1S/C69H120O6/c1-4-7-10-13-16-19-22-25-28-30-32-33-34-35-37-38-41-44-47-50-53-56-59-62-68(71)74-65-66(64-73-67(70)61-58-55-52-49-46-43-40-27-24-21-18-15-12-9-6-3)75-69(72)63-60-57-54-51-48-45-42-39-36-31-29-26-23-20-17-14-11-8-5-2/h8-9,11-12,17-18,20-21,26-27,29,36,39-40,66H,4-7,10,13-16,19,22-25,28,30-35,37-38,41-65H2,1-3H3/b11-8-,12-9-,20-17-,21-18-,29-26-,39-36-,40-27-. The van der Waals surface area contributed by atoms with Crippen molar-refractivity contribution in [3.05, 3.63) is 85.1 Å². The zero-order valence-electron chi connectivity index (χ0n) is 49.6. The lowest BCUT2D eigenvalue weighted by atomic mass is 10.0. The van der Waals surface area contributed by atoms with Crippen LogP contribution in [0.25, 0.3) is 0 Å². The number of unbranched alkanes of at least 4 members (excludes halogenated alkanes) is 33. The number of ether oxygens (including phenoxy) is 3. The zero-order chi connectivity index (χ0) is 54.3. The van der Waals surface area contributed by atoms with E-state index in [1.165, 1.54) is 141 Å². The van der Waals surface area contributed by atoms with E-state index in [-0.39, 0.29) is 31.1 Å². The highest BCUT2D eigenvalue weighted by molar-refractivity contribution is 5.71. The van der Waals surface area contributed by atoms with Gasteiger partial charge in [-0.1, -0.05) is 292 Å². The second-order valence-electron chi connectivity index (χ2n) is 21.3. The molecule has 0 spiro atoms. The molecule has 1 unspecified atom stereocenters. The molecular formula is C69H120O6. The van der Waals surface area contributed by atoms with Gasteiger partial charge in [0.15, 0.2) is 6.10 Å². The van der Waals surface area contributed by atoms with Gasteiger partial charge in [0.05, 0.1) is 0 Å². The molecule has 0 heterocycles. The van der Waals surface area contributed by atoms with Crippen LogP contribution < -0.4 is 0 Å². The second kappa shape index (κ2) is 63.1. The van der Waals surface area contributed by atoms with Crippen LogP contribution in [-0.2, 0) is 28.6 Å². The van der Waals surface area contributed by atoms with E-state index in [2.05, 4.69) is 106 Å². The van der Waals surface area contributed by atoms with Crippen LogP contribution >= 0.6 is 0 Å². The third-order valence-electron chi connectivity index (χ3n) is 13.9. The molecule has 0 rings (SSSR count). The summed E-state index contributed by atoms with van der Waals surface area (Å²) in [6.45, 7) is 6.43. The molecule has 0 aliphatic rings. The van der Waals surface area contributed by atoms with Crippen molar-refractivity contribution in [2.75, 3.05) is 13.2 Å². The van der Waals surface area contributed by atoms with E-state index in [0.29, 0.717) is 19.3 Å². The molecule has 0 radical (unpaired) electrons. The Morgan fingerprint density at radius 1 is 0.280 bits per heavy atom. The average Bonchev–Trinajstić information content (AvgIpc) is 3.41. The van der Waals surface area contributed by atoms with Crippen LogP contribution in [0.4, 0.5) is 0 Å². The molecule has 6 nitrogen and oxygen atoms in total. The topological polar surface area (TPSA) is 78.9 Å². The maximum Gasteiger partial charge on any atom is 0.306 e. The smallest absolute Gasteiger partial charge is 0.306 e. The molecular weight excluding hydrogens is 925 g/mol. The second-order valence-corrected chi connectivity index (χ2v) is 21.3. The molecule has 0 aromatic heterocycles. The van der Waals surface area contributed by atoms with Crippen molar-refractivity contribution in [1.29, 1.82) is 0 Å². The van der Waals surface area contributed by atoms with Crippen LogP contribution in [0.3, 0.4) is 0 Å². The maximum atomic E-state index is 12.9. The highest BCUT2D eigenvalue weighted by atomic mass is 16.6. The Hall–Kier alpha value is -3.41. The number of allylic oxidation sites excluding steroid dienone is 14. The highest BCUT2D eigenvalue weighted by Gasteiger charge is 2.19. The molecule has 0 aromatic carbocycles. The van der Waals surface area contributed by atoms with Crippen LogP contribution in [0.2, 0.25) is 0 Å². The van der Waals surface area contributed by atoms with E-state index in [1.807, 2.05) is 0 Å². The van der Waals surface area contributed by atoms with Crippen molar-refractivity contribution in [2.45, 2.75) is 322 Å². The molecule has 0 aliphatic heterocycles. The quantitative estimate of drug-likeness (QED) is 0.0261. The van der Waals surface area contributed by atoms with Gasteiger partial charge in [-0.3, -0.25) is 14.4 Å². The summed E-state index contributed by atoms with van der Waals surface area (Å²) in [5.74, 6) is -0.904. The number of rotatable bonds is 58. The minimum absolute atomic E-state index is 0.0858. The molecule has 0 aliphatic carbocycles. The van der Waals surface area contributed by atoms with Crippen LogP contribution in [0.1, 0.15) is 316 Å². The SMILES string of the molecule is CC/C=C\C/C=C\C/C=C\C/C=C\CCCCCCCCC(=O)OC(COC(=O)CCCCCCC/C=C\C/C=C\C/C=C\CC)COC(=O)CCCCCCCCCCCCCCCCCCCCCCCCC. The number of carbonyl (C=O) groups is 3. The lowest BCUT2D eigenvalue weighted by molar-refractivity contribution is -0.167. The Morgan fingerprint density at radius 2 is 0.520 bits per heavy atom. The third-order valence-corrected chi connectivity index (χ3v) is 13.9. The number of hydrogen-bond acceptors (Lipinski definition) is 6. The monoisotopic (exact) mass is 1040 g/mol. The fourth-order valence-electron chi connectivity index (χ4n) is 9.16. The van der Waals surface area contributed by atoms with Gasteiger partial charge in [0.1, 0.15) is 13.2 Å². The molecule has 0 amide bonds. The number of esters is 3. The van der Waals surface area contributed by atoms with E-state index >= 15 is 0 Å². The summed E-state index contributed by atoms with van der Waals surface area (Å²) in [7, 11) is 0. The molecule has 0 aromatic rings. The Kier molecular flexibility index (Phi) is 60.3. The van der Waals surface area contributed by atoms with Gasteiger partial charge >= 0.3 is 17.9 Å². The number of carbonyl (C=O) groups excluding carboxylic acids is 3. The van der Waals surface area contributed by atoms with Crippen molar-refractivity contribution in [3.8, 4) is 0 Å². The lowest BCUT2D eigenvalue weighted by Gasteiger charge is -2.18. The first kappa shape index (κ1) is 71.6. The lowest BCUT2D eigenvalue weighted by Crippen LogP contribution is -2.30. The predicted octanol–water partition coefficient (Wildman–Crippen LogP) is 21.9. The minimum Gasteiger partial charge on any atom is -0.462 e.